The van der Waals surface area contributed by atoms with Crippen LogP contribution in [-0.4, -0.2) is 30.7 Å². The summed E-state index contributed by atoms with van der Waals surface area (Å²) in [7, 11) is 0. The molecule has 0 saturated carbocycles. The Morgan fingerprint density at radius 3 is 2.63 bits per heavy atom. The van der Waals surface area contributed by atoms with Gasteiger partial charge in [0.25, 0.3) is 0 Å². The van der Waals surface area contributed by atoms with E-state index in [0.717, 1.165) is 24.9 Å². The van der Waals surface area contributed by atoms with E-state index < -0.39 is 0 Å². The first-order valence-corrected chi connectivity index (χ1v) is 6.44. The van der Waals surface area contributed by atoms with E-state index in [1.54, 1.807) is 12.1 Å². The van der Waals surface area contributed by atoms with Gasteiger partial charge in [0.2, 0.25) is 0 Å². The van der Waals surface area contributed by atoms with Crippen LogP contribution in [0.15, 0.2) is 30.3 Å². The van der Waals surface area contributed by atoms with Crippen LogP contribution in [0.5, 0.6) is 5.75 Å². The van der Waals surface area contributed by atoms with Gasteiger partial charge in [-0.25, -0.2) is 0 Å². The Hall–Kier alpha value is -2.01. The van der Waals surface area contributed by atoms with E-state index in [-0.39, 0.29) is 5.75 Å². The lowest BCUT2D eigenvalue weighted by atomic mass is 10.2. The molecule has 104 valence electrons. The largest absolute Gasteiger partial charge is 0.508 e. The van der Waals surface area contributed by atoms with Crippen molar-refractivity contribution >= 4 is 12.0 Å². The molecule has 0 atom stereocenters. The first-order chi connectivity index (χ1) is 9.22. The first kappa shape index (κ1) is 15.0. The van der Waals surface area contributed by atoms with Crippen LogP contribution < -0.4 is 16.4 Å². The van der Waals surface area contributed by atoms with Crippen molar-refractivity contribution in [2.24, 2.45) is 5.73 Å². The van der Waals surface area contributed by atoms with Crippen LogP contribution in [0, 0.1) is 5.41 Å². The van der Waals surface area contributed by atoms with Gasteiger partial charge in [0.1, 0.15) is 5.75 Å². The maximum Gasteiger partial charge on any atom is 0.188 e. The average molecular weight is 262 g/mol. The van der Waals surface area contributed by atoms with E-state index in [1.807, 2.05) is 24.3 Å². The van der Waals surface area contributed by atoms with Gasteiger partial charge in [-0.2, -0.15) is 0 Å². The van der Waals surface area contributed by atoms with Gasteiger partial charge in [-0.05, 0) is 37.1 Å². The molecule has 0 aromatic heterocycles. The molecular weight excluding hydrogens is 240 g/mol. The van der Waals surface area contributed by atoms with Crippen molar-refractivity contribution in [2.75, 3.05) is 19.6 Å². The zero-order valence-electron chi connectivity index (χ0n) is 11.0. The van der Waals surface area contributed by atoms with Crippen LogP contribution in [0.4, 0.5) is 0 Å². The SMILES string of the molecule is N=C(NC/C=C/c1ccc(O)cc1)NCCCCN. The Balaban J connectivity index is 2.15. The van der Waals surface area contributed by atoms with Crippen molar-refractivity contribution in [1.82, 2.24) is 10.6 Å². The summed E-state index contributed by atoms with van der Waals surface area (Å²) in [6.45, 7) is 2.05. The molecule has 19 heavy (non-hydrogen) atoms. The Bertz CT molecular complexity index is 400. The van der Waals surface area contributed by atoms with E-state index in [1.165, 1.54) is 0 Å². The molecule has 0 aliphatic rings. The lowest BCUT2D eigenvalue weighted by Crippen LogP contribution is -2.36. The number of nitrogens with two attached hydrogens (primary N) is 1. The Kier molecular flexibility index (Phi) is 7.12. The van der Waals surface area contributed by atoms with Crippen molar-refractivity contribution < 1.29 is 5.11 Å². The molecule has 5 nitrogen and oxygen atoms in total. The predicted molar refractivity (Wildman–Crippen MR) is 79.2 cm³/mol. The highest BCUT2D eigenvalue weighted by molar-refractivity contribution is 5.76. The van der Waals surface area contributed by atoms with Gasteiger partial charge in [0.05, 0.1) is 0 Å². The number of benzene rings is 1. The van der Waals surface area contributed by atoms with Crippen LogP contribution in [0.25, 0.3) is 6.08 Å². The van der Waals surface area contributed by atoms with Crippen molar-refractivity contribution in [3.63, 3.8) is 0 Å². The minimum Gasteiger partial charge on any atom is -0.508 e. The lowest BCUT2D eigenvalue weighted by Gasteiger charge is -2.08. The number of rotatable bonds is 7. The number of phenols is 1. The second kappa shape index (κ2) is 8.99. The van der Waals surface area contributed by atoms with Gasteiger partial charge in [0.15, 0.2) is 5.96 Å². The second-order valence-electron chi connectivity index (χ2n) is 4.17. The molecule has 0 unspecified atom stereocenters. The molecule has 0 fully saturated rings. The highest BCUT2D eigenvalue weighted by Crippen LogP contribution is 2.10. The molecule has 0 aliphatic heterocycles. The van der Waals surface area contributed by atoms with E-state index >= 15 is 0 Å². The number of hydrogen-bond acceptors (Lipinski definition) is 3. The summed E-state index contributed by atoms with van der Waals surface area (Å²) < 4.78 is 0. The monoisotopic (exact) mass is 262 g/mol. The van der Waals surface area contributed by atoms with Gasteiger partial charge in [-0.3, -0.25) is 5.41 Å². The summed E-state index contributed by atoms with van der Waals surface area (Å²) in [6, 6.07) is 6.97. The lowest BCUT2D eigenvalue weighted by molar-refractivity contribution is 0.475. The number of hydrogen-bond donors (Lipinski definition) is 5. The van der Waals surface area contributed by atoms with Crippen LogP contribution in [-0.2, 0) is 0 Å². The molecule has 0 spiro atoms. The molecule has 0 amide bonds. The van der Waals surface area contributed by atoms with Crippen molar-refractivity contribution in [2.45, 2.75) is 12.8 Å². The maximum absolute atomic E-state index is 9.14. The third-order valence-corrected chi connectivity index (χ3v) is 2.53. The van der Waals surface area contributed by atoms with E-state index in [2.05, 4.69) is 10.6 Å². The molecule has 1 aromatic carbocycles. The van der Waals surface area contributed by atoms with E-state index in [4.69, 9.17) is 16.2 Å². The minimum absolute atomic E-state index is 0.263. The third-order valence-electron chi connectivity index (χ3n) is 2.53. The number of nitrogens with one attached hydrogen (secondary N) is 3. The van der Waals surface area contributed by atoms with Gasteiger partial charge in [0, 0.05) is 13.1 Å². The summed E-state index contributed by atoms with van der Waals surface area (Å²) in [6.07, 6.45) is 5.82. The Morgan fingerprint density at radius 1 is 1.21 bits per heavy atom. The van der Waals surface area contributed by atoms with Crippen LogP contribution in [0.1, 0.15) is 18.4 Å². The van der Waals surface area contributed by atoms with Gasteiger partial charge in [-0.15, -0.1) is 0 Å². The summed E-state index contributed by atoms with van der Waals surface area (Å²) in [5.41, 5.74) is 6.40. The van der Waals surface area contributed by atoms with Crippen LogP contribution in [0.2, 0.25) is 0 Å². The van der Waals surface area contributed by atoms with Crippen LogP contribution in [0.3, 0.4) is 0 Å². The molecule has 6 N–H and O–H groups in total. The average Bonchev–Trinajstić information content (AvgIpc) is 2.42. The normalized spacial score (nSPS) is 10.6. The topological polar surface area (TPSA) is 94.2 Å². The van der Waals surface area contributed by atoms with Gasteiger partial charge >= 0.3 is 0 Å². The van der Waals surface area contributed by atoms with Gasteiger partial charge in [-0.1, -0.05) is 24.3 Å². The van der Waals surface area contributed by atoms with E-state index in [0.29, 0.717) is 19.0 Å². The zero-order valence-corrected chi connectivity index (χ0v) is 11.0. The third kappa shape index (κ3) is 7.10. The fourth-order valence-electron chi connectivity index (χ4n) is 1.49. The van der Waals surface area contributed by atoms with Crippen molar-refractivity contribution in [3.05, 3.63) is 35.9 Å². The highest BCUT2D eigenvalue weighted by atomic mass is 16.3. The van der Waals surface area contributed by atoms with E-state index in [9.17, 15) is 0 Å². The highest BCUT2D eigenvalue weighted by Gasteiger charge is 1.92. The fraction of sp³-hybridized carbons (Fsp3) is 0.357. The first-order valence-electron chi connectivity index (χ1n) is 6.44. The molecular formula is C14H22N4O. The predicted octanol–water partition coefficient (Wildman–Crippen LogP) is 1.26. The van der Waals surface area contributed by atoms with Crippen molar-refractivity contribution in [3.8, 4) is 5.75 Å². The summed E-state index contributed by atoms with van der Waals surface area (Å²) in [5, 5.41) is 22.7. The summed E-state index contributed by atoms with van der Waals surface area (Å²) in [4.78, 5) is 0. The molecule has 5 heteroatoms. The number of unbranched alkanes of at least 4 members (excludes halogenated alkanes) is 1. The summed E-state index contributed by atoms with van der Waals surface area (Å²) in [5.74, 6) is 0.589. The molecule has 0 saturated heterocycles. The molecule has 0 aliphatic carbocycles. The number of aromatic hydroxyl groups is 1. The second-order valence-corrected chi connectivity index (χ2v) is 4.17. The van der Waals surface area contributed by atoms with Crippen molar-refractivity contribution in [1.29, 1.82) is 5.41 Å². The number of phenolic OH excluding ortho intramolecular Hbond substituents is 1. The summed E-state index contributed by atoms with van der Waals surface area (Å²) >= 11 is 0. The number of guanidine groups is 1. The maximum atomic E-state index is 9.14. The smallest absolute Gasteiger partial charge is 0.188 e. The Labute approximate surface area is 114 Å². The Morgan fingerprint density at radius 2 is 1.95 bits per heavy atom. The molecule has 0 radical (unpaired) electrons. The quantitative estimate of drug-likeness (QED) is 0.290. The minimum atomic E-state index is 0.263. The van der Waals surface area contributed by atoms with Gasteiger partial charge < -0.3 is 21.5 Å². The molecule has 0 bridgehead atoms. The van der Waals surface area contributed by atoms with Crippen LogP contribution >= 0.6 is 0 Å². The molecule has 1 aromatic rings. The fourth-order valence-corrected chi connectivity index (χ4v) is 1.49. The molecule has 0 heterocycles. The molecule has 1 rings (SSSR count). The zero-order chi connectivity index (χ0) is 13.9. The standard InChI is InChI=1S/C14H22N4O/c15-9-1-2-10-17-14(16)18-11-3-4-12-5-7-13(19)8-6-12/h3-8,19H,1-2,9-11,15H2,(H3,16,17,18)/b4-3+.